The maximum absolute atomic E-state index is 13.6. The number of hydrogen-bond acceptors (Lipinski definition) is 4. The Labute approximate surface area is 198 Å². The van der Waals surface area contributed by atoms with E-state index in [2.05, 4.69) is 0 Å². The molecule has 1 saturated heterocycles. The summed E-state index contributed by atoms with van der Waals surface area (Å²) < 4.78 is 5.17. The minimum atomic E-state index is -0.0349. The van der Waals surface area contributed by atoms with Gasteiger partial charge in [0.05, 0.1) is 23.9 Å². The molecule has 1 fully saturated rings. The molecule has 0 unspecified atom stereocenters. The van der Waals surface area contributed by atoms with E-state index < -0.39 is 0 Å². The number of piperazine rings is 1. The van der Waals surface area contributed by atoms with Crippen molar-refractivity contribution >= 4 is 22.7 Å². The van der Waals surface area contributed by atoms with Crippen LogP contribution in [-0.4, -0.2) is 59.9 Å². The van der Waals surface area contributed by atoms with Gasteiger partial charge in [0.15, 0.2) is 0 Å². The van der Waals surface area contributed by atoms with Gasteiger partial charge in [-0.3, -0.25) is 9.59 Å². The van der Waals surface area contributed by atoms with Crippen molar-refractivity contribution in [3.8, 4) is 17.0 Å². The highest BCUT2D eigenvalue weighted by Crippen LogP contribution is 2.26. The van der Waals surface area contributed by atoms with Crippen LogP contribution in [0.15, 0.2) is 84.9 Å². The molecule has 4 aromatic rings. The summed E-state index contributed by atoms with van der Waals surface area (Å²) in [5, 5.41) is 0.837. The zero-order valence-electron chi connectivity index (χ0n) is 19.0. The molecular weight excluding hydrogens is 426 g/mol. The van der Waals surface area contributed by atoms with Crippen LogP contribution < -0.4 is 4.74 Å². The predicted octanol–water partition coefficient (Wildman–Crippen LogP) is 4.51. The minimum Gasteiger partial charge on any atom is -0.497 e. The number of para-hydroxylation sites is 1. The van der Waals surface area contributed by atoms with Gasteiger partial charge >= 0.3 is 0 Å². The zero-order valence-corrected chi connectivity index (χ0v) is 19.0. The molecule has 1 aliphatic rings. The molecule has 0 spiro atoms. The molecule has 6 nitrogen and oxygen atoms in total. The van der Waals surface area contributed by atoms with Crippen LogP contribution in [0.1, 0.15) is 20.7 Å². The molecule has 0 N–H and O–H groups in total. The molecular formula is C28H25N3O3. The molecule has 34 heavy (non-hydrogen) atoms. The van der Waals surface area contributed by atoms with Gasteiger partial charge < -0.3 is 14.5 Å². The monoisotopic (exact) mass is 451 g/mol. The van der Waals surface area contributed by atoms with Crippen LogP contribution in [0.25, 0.3) is 22.2 Å². The fourth-order valence-corrected chi connectivity index (χ4v) is 4.31. The van der Waals surface area contributed by atoms with E-state index in [1.165, 1.54) is 0 Å². The first-order valence-corrected chi connectivity index (χ1v) is 11.3. The fraction of sp³-hybridized carbons (Fsp3) is 0.179. The summed E-state index contributed by atoms with van der Waals surface area (Å²) in [4.78, 5) is 34.9. The second kappa shape index (κ2) is 9.35. The number of benzene rings is 3. The van der Waals surface area contributed by atoms with E-state index in [-0.39, 0.29) is 11.8 Å². The van der Waals surface area contributed by atoms with Gasteiger partial charge in [-0.15, -0.1) is 0 Å². The lowest BCUT2D eigenvalue weighted by molar-refractivity contribution is 0.0536. The number of nitrogens with zero attached hydrogens (tertiary/aromatic N) is 3. The van der Waals surface area contributed by atoms with Crippen LogP contribution in [0.2, 0.25) is 0 Å². The summed E-state index contributed by atoms with van der Waals surface area (Å²) >= 11 is 0. The highest BCUT2D eigenvalue weighted by Gasteiger charge is 2.27. The second-order valence-electron chi connectivity index (χ2n) is 8.25. The standard InChI is InChI=1S/C28H25N3O3/c1-34-22-13-11-21(12-14-22)27(32)30-15-17-31(18-16-30)28(33)24-19-26(20-7-3-2-4-8-20)29-25-10-6-5-9-23(24)25/h2-14,19H,15-18H2,1H3. The zero-order chi connectivity index (χ0) is 23.5. The summed E-state index contributed by atoms with van der Waals surface area (Å²) in [7, 11) is 1.60. The molecule has 2 amide bonds. The van der Waals surface area contributed by atoms with E-state index in [0.29, 0.717) is 43.1 Å². The number of hydrogen-bond donors (Lipinski definition) is 0. The lowest BCUT2D eigenvalue weighted by Crippen LogP contribution is -2.50. The average Bonchev–Trinajstić information content (AvgIpc) is 2.92. The summed E-state index contributed by atoms with van der Waals surface area (Å²) in [6.07, 6.45) is 0. The Morgan fingerprint density at radius 1 is 0.765 bits per heavy atom. The van der Waals surface area contributed by atoms with E-state index in [1.807, 2.05) is 65.6 Å². The van der Waals surface area contributed by atoms with Gasteiger partial charge in [-0.05, 0) is 36.4 Å². The third-order valence-corrected chi connectivity index (χ3v) is 6.21. The van der Waals surface area contributed by atoms with Gasteiger partial charge in [0, 0.05) is 42.7 Å². The van der Waals surface area contributed by atoms with Crippen molar-refractivity contribution in [2.45, 2.75) is 0 Å². The van der Waals surface area contributed by atoms with Crippen molar-refractivity contribution < 1.29 is 14.3 Å². The van der Waals surface area contributed by atoms with Crippen LogP contribution >= 0.6 is 0 Å². The maximum Gasteiger partial charge on any atom is 0.254 e. The van der Waals surface area contributed by atoms with Crippen LogP contribution in [0.4, 0.5) is 0 Å². The largest absolute Gasteiger partial charge is 0.497 e. The van der Waals surface area contributed by atoms with Crippen molar-refractivity contribution in [1.82, 2.24) is 14.8 Å². The molecule has 0 radical (unpaired) electrons. The molecule has 2 heterocycles. The summed E-state index contributed by atoms with van der Waals surface area (Å²) in [5.74, 6) is 0.647. The topological polar surface area (TPSA) is 62.7 Å². The molecule has 0 atom stereocenters. The van der Waals surface area contributed by atoms with E-state index >= 15 is 0 Å². The highest BCUT2D eigenvalue weighted by molar-refractivity contribution is 6.07. The number of amides is 2. The van der Waals surface area contributed by atoms with Crippen molar-refractivity contribution in [1.29, 1.82) is 0 Å². The third kappa shape index (κ3) is 4.22. The van der Waals surface area contributed by atoms with E-state index in [9.17, 15) is 9.59 Å². The Morgan fingerprint density at radius 2 is 1.38 bits per heavy atom. The van der Waals surface area contributed by atoms with Gasteiger partial charge in [0.1, 0.15) is 5.75 Å². The van der Waals surface area contributed by atoms with Gasteiger partial charge in [0.25, 0.3) is 11.8 Å². The van der Waals surface area contributed by atoms with Gasteiger partial charge in [-0.25, -0.2) is 4.98 Å². The number of aromatic nitrogens is 1. The number of fused-ring (bicyclic) bond motifs is 1. The normalized spacial score (nSPS) is 13.7. The SMILES string of the molecule is COc1ccc(C(=O)N2CCN(C(=O)c3cc(-c4ccccc4)nc4ccccc34)CC2)cc1. The lowest BCUT2D eigenvalue weighted by atomic mass is 10.0. The predicted molar refractivity (Wildman–Crippen MR) is 132 cm³/mol. The van der Waals surface area contributed by atoms with Gasteiger partial charge in [0.2, 0.25) is 0 Å². The Morgan fingerprint density at radius 3 is 2.06 bits per heavy atom. The van der Waals surface area contributed by atoms with Gasteiger partial charge in [-0.2, -0.15) is 0 Å². The molecule has 0 aliphatic carbocycles. The van der Waals surface area contributed by atoms with Crippen LogP contribution in [0, 0.1) is 0 Å². The van der Waals surface area contributed by atoms with Crippen LogP contribution in [0.5, 0.6) is 5.75 Å². The Balaban J connectivity index is 1.36. The Bertz CT molecular complexity index is 1330. The molecule has 1 aromatic heterocycles. The molecule has 0 bridgehead atoms. The number of carbonyl (C=O) groups is 2. The number of carbonyl (C=O) groups excluding carboxylic acids is 2. The average molecular weight is 452 g/mol. The first-order valence-electron chi connectivity index (χ1n) is 11.3. The van der Waals surface area contributed by atoms with Crippen molar-refractivity contribution in [3.63, 3.8) is 0 Å². The first kappa shape index (κ1) is 21.6. The molecule has 3 aromatic carbocycles. The minimum absolute atomic E-state index is 0.0320. The van der Waals surface area contributed by atoms with E-state index in [4.69, 9.17) is 9.72 Å². The molecule has 0 saturated carbocycles. The number of rotatable bonds is 4. The molecule has 170 valence electrons. The highest BCUT2D eigenvalue weighted by atomic mass is 16.5. The molecule has 5 rings (SSSR count). The summed E-state index contributed by atoms with van der Waals surface area (Å²) in [5.41, 5.74) is 3.79. The maximum atomic E-state index is 13.6. The van der Waals surface area contributed by atoms with Crippen molar-refractivity contribution in [2.75, 3.05) is 33.3 Å². The third-order valence-electron chi connectivity index (χ3n) is 6.21. The Kier molecular flexibility index (Phi) is 5.95. The number of methoxy groups -OCH3 is 1. The van der Waals surface area contributed by atoms with Crippen molar-refractivity contribution in [3.05, 3.63) is 96.1 Å². The fourth-order valence-electron chi connectivity index (χ4n) is 4.31. The summed E-state index contributed by atoms with van der Waals surface area (Å²) in [6.45, 7) is 1.95. The Hall–Kier alpha value is -4.19. The summed E-state index contributed by atoms with van der Waals surface area (Å²) in [6, 6.07) is 26.6. The lowest BCUT2D eigenvalue weighted by Gasteiger charge is -2.35. The molecule has 1 aliphatic heterocycles. The van der Waals surface area contributed by atoms with Gasteiger partial charge in [-0.1, -0.05) is 48.5 Å². The van der Waals surface area contributed by atoms with Crippen LogP contribution in [-0.2, 0) is 0 Å². The number of ether oxygens (including phenoxy) is 1. The quantitative estimate of drug-likeness (QED) is 0.458. The smallest absolute Gasteiger partial charge is 0.254 e. The first-order chi connectivity index (χ1) is 16.6. The number of pyridine rings is 1. The van der Waals surface area contributed by atoms with Crippen molar-refractivity contribution in [2.24, 2.45) is 0 Å². The van der Waals surface area contributed by atoms with E-state index in [1.54, 1.807) is 36.3 Å². The van der Waals surface area contributed by atoms with E-state index in [0.717, 1.165) is 22.2 Å². The molecule has 6 heteroatoms. The second-order valence-corrected chi connectivity index (χ2v) is 8.25. The van der Waals surface area contributed by atoms with Crippen LogP contribution in [0.3, 0.4) is 0 Å².